The number of aryl methyl sites for hydroxylation is 1. The zero-order valence-electron chi connectivity index (χ0n) is 9.75. The summed E-state index contributed by atoms with van der Waals surface area (Å²) in [5.74, 6) is -0.243. The number of amides is 1. The van der Waals surface area contributed by atoms with E-state index in [1.54, 1.807) is 23.7 Å². The highest BCUT2D eigenvalue weighted by atomic mass is 32.1. The minimum atomic E-state index is -0.304. The van der Waals surface area contributed by atoms with Gasteiger partial charge in [-0.25, -0.2) is 4.98 Å². The molecule has 0 fully saturated rings. The molecule has 4 nitrogen and oxygen atoms in total. The summed E-state index contributed by atoms with van der Waals surface area (Å²) >= 11 is 1.47. The van der Waals surface area contributed by atoms with Crippen molar-refractivity contribution in [1.82, 2.24) is 4.98 Å². The van der Waals surface area contributed by atoms with Crippen molar-refractivity contribution in [2.24, 2.45) is 0 Å². The second kappa shape index (κ2) is 5.46. The number of rotatable bonds is 3. The zero-order valence-corrected chi connectivity index (χ0v) is 10.6. The molecule has 5 heteroatoms. The summed E-state index contributed by atoms with van der Waals surface area (Å²) in [5, 5.41) is 14.1. The molecule has 1 heterocycles. The number of hydrogen-bond acceptors (Lipinski definition) is 4. The lowest BCUT2D eigenvalue weighted by molar-refractivity contribution is -0.111. The molecule has 0 aliphatic rings. The third kappa shape index (κ3) is 3.18. The van der Waals surface area contributed by atoms with E-state index < -0.39 is 0 Å². The van der Waals surface area contributed by atoms with E-state index in [0.29, 0.717) is 5.69 Å². The van der Waals surface area contributed by atoms with Crippen molar-refractivity contribution in [2.45, 2.75) is 6.92 Å². The van der Waals surface area contributed by atoms with E-state index in [1.165, 1.54) is 17.4 Å². The number of phenols is 1. The van der Waals surface area contributed by atoms with E-state index in [-0.39, 0.29) is 11.7 Å². The van der Waals surface area contributed by atoms with Crippen LogP contribution in [0.2, 0.25) is 0 Å². The number of hydrogen-bond donors (Lipinski definition) is 2. The van der Waals surface area contributed by atoms with Gasteiger partial charge in [-0.2, -0.15) is 0 Å². The molecule has 1 aromatic heterocycles. The van der Waals surface area contributed by atoms with Gasteiger partial charge in [-0.3, -0.25) is 4.79 Å². The molecule has 0 aliphatic carbocycles. The van der Waals surface area contributed by atoms with Gasteiger partial charge >= 0.3 is 0 Å². The van der Waals surface area contributed by atoms with Crippen molar-refractivity contribution < 1.29 is 9.90 Å². The number of phenolic OH excluding ortho intramolecular Hbond substituents is 1. The fourth-order valence-corrected chi connectivity index (χ4v) is 1.91. The van der Waals surface area contributed by atoms with Gasteiger partial charge < -0.3 is 10.4 Å². The predicted octanol–water partition coefficient (Wildman–Crippen LogP) is 2.81. The summed E-state index contributed by atoms with van der Waals surface area (Å²) < 4.78 is 0. The highest BCUT2D eigenvalue weighted by Gasteiger charge is 2.03. The molecule has 92 valence electrons. The van der Waals surface area contributed by atoms with E-state index >= 15 is 0 Å². The molecular weight excluding hydrogens is 248 g/mol. The van der Waals surface area contributed by atoms with Crippen LogP contribution in [0.3, 0.4) is 0 Å². The van der Waals surface area contributed by atoms with E-state index in [0.717, 1.165) is 11.3 Å². The number of carbonyl (C=O) groups is 1. The van der Waals surface area contributed by atoms with Crippen LogP contribution in [0.25, 0.3) is 6.08 Å². The second-order valence-corrected chi connectivity index (χ2v) is 4.48. The van der Waals surface area contributed by atoms with Gasteiger partial charge in [0, 0.05) is 11.5 Å². The number of carbonyl (C=O) groups excluding carboxylic acids is 1. The Balaban J connectivity index is 2.03. The van der Waals surface area contributed by atoms with Crippen molar-refractivity contribution >= 4 is 29.0 Å². The van der Waals surface area contributed by atoms with Crippen molar-refractivity contribution in [3.05, 3.63) is 46.4 Å². The van der Waals surface area contributed by atoms with Gasteiger partial charge in [0.2, 0.25) is 5.91 Å². The number of nitrogens with zero attached hydrogens (tertiary/aromatic N) is 1. The van der Waals surface area contributed by atoms with E-state index in [9.17, 15) is 9.90 Å². The smallest absolute Gasteiger partial charge is 0.248 e. The minimum absolute atomic E-state index is 0.0606. The Morgan fingerprint density at radius 1 is 1.50 bits per heavy atom. The number of nitrogens with one attached hydrogen (secondary N) is 1. The lowest BCUT2D eigenvalue weighted by Gasteiger charge is -2.05. The van der Waals surface area contributed by atoms with Gasteiger partial charge in [0.15, 0.2) is 0 Å². The number of benzene rings is 1. The quantitative estimate of drug-likeness (QED) is 0.659. The fourth-order valence-electron chi connectivity index (χ4n) is 1.39. The van der Waals surface area contributed by atoms with E-state index in [2.05, 4.69) is 10.3 Å². The molecule has 0 spiro atoms. The zero-order chi connectivity index (χ0) is 13.0. The molecule has 1 amide bonds. The molecule has 0 aliphatic heterocycles. The molecule has 1 aromatic carbocycles. The Hall–Kier alpha value is -2.14. The Morgan fingerprint density at radius 3 is 3.00 bits per heavy atom. The van der Waals surface area contributed by atoms with Gasteiger partial charge in [0.05, 0.1) is 16.9 Å². The Morgan fingerprint density at radius 2 is 2.33 bits per heavy atom. The van der Waals surface area contributed by atoms with Crippen LogP contribution in [-0.4, -0.2) is 16.0 Å². The lowest BCUT2D eigenvalue weighted by Crippen LogP contribution is -2.07. The summed E-state index contributed by atoms with van der Waals surface area (Å²) in [6.45, 7) is 1.87. The number of aromatic hydroxyl groups is 1. The Labute approximate surface area is 109 Å². The number of aromatic nitrogens is 1. The number of thiazole rings is 1. The average molecular weight is 260 g/mol. The molecule has 2 rings (SSSR count). The van der Waals surface area contributed by atoms with Crippen LogP contribution < -0.4 is 5.32 Å². The van der Waals surface area contributed by atoms with Crippen LogP contribution in [0.4, 0.5) is 5.69 Å². The lowest BCUT2D eigenvalue weighted by atomic mass is 10.2. The van der Waals surface area contributed by atoms with Crippen LogP contribution in [0.15, 0.2) is 35.2 Å². The molecule has 18 heavy (non-hydrogen) atoms. The predicted molar refractivity (Wildman–Crippen MR) is 72.6 cm³/mol. The van der Waals surface area contributed by atoms with Crippen molar-refractivity contribution in [3.63, 3.8) is 0 Å². The molecule has 2 aromatic rings. The first-order valence-electron chi connectivity index (χ1n) is 5.32. The first-order valence-corrected chi connectivity index (χ1v) is 6.26. The van der Waals surface area contributed by atoms with Crippen LogP contribution in [0, 0.1) is 6.92 Å². The molecule has 0 unspecified atom stereocenters. The molecular formula is C13H12N2O2S. The summed E-state index contributed by atoms with van der Waals surface area (Å²) in [5.41, 5.74) is 3.77. The second-order valence-electron chi connectivity index (χ2n) is 3.76. The maximum atomic E-state index is 11.6. The number of anilines is 1. The van der Waals surface area contributed by atoms with Gasteiger partial charge in [0.1, 0.15) is 5.75 Å². The van der Waals surface area contributed by atoms with E-state index in [1.807, 2.05) is 18.4 Å². The molecule has 0 atom stereocenters. The van der Waals surface area contributed by atoms with Crippen molar-refractivity contribution in [3.8, 4) is 5.75 Å². The van der Waals surface area contributed by atoms with Crippen molar-refractivity contribution in [2.75, 3.05) is 5.32 Å². The third-order valence-electron chi connectivity index (χ3n) is 2.27. The topological polar surface area (TPSA) is 62.2 Å². The van der Waals surface area contributed by atoms with Crippen LogP contribution in [-0.2, 0) is 4.79 Å². The first kappa shape index (κ1) is 12.3. The maximum absolute atomic E-state index is 11.6. The van der Waals surface area contributed by atoms with Crippen LogP contribution in [0.1, 0.15) is 11.3 Å². The van der Waals surface area contributed by atoms with E-state index in [4.69, 9.17) is 0 Å². The molecule has 0 radical (unpaired) electrons. The molecule has 0 saturated heterocycles. The monoisotopic (exact) mass is 260 g/mol. The third-order valence-corrected chi connectivity index (χ3v) is 2.87. The van der Waals surface area contributed by atoms with Crippen LogP contribution >= 0.6 is 11.3 Å². The van der Waals surface area contributed by atoms with Crippen molar-refractivity contribution in [1.29, 1.82) is 0 Å². The standard InChI is InChI=1S/C13H12N2O2S/c1-9-2-4-11(12(16)6-9)15-13(17)5-3-10-7-18-8-14-10/h2-8,16H,1H3,(H,15,17)/b5-3+. The largest absolute Gasteiger partial charge is 0.506 e. The molecule has 0 saturated carbocycles. The minimum Gasteiger partial charge on any atom is -0.506 e. The van der Waals surface area contributed by atoms with Gasteiger partial charge in [-0.1, -0.05) is 6.07 Å². The van der Waals surface area contributed by atoms with Gasteiger partial charge in [-0.15, -0.1) is 11.3 Å². The average Bonchev–Trinajstić information content (AvgIpc) is 2.83. The molecule has 0 bridgehead atoms. The summed E-state index contributed by atoms with van der Waals surface area (Å²) in [7, 11) is 0. The maximum Gasteiger partial charge on any atom is 0.248 e. The summed E-state index contributed by atoms with van der Waals surface area (Å²) in [6, 6.07) is 5.08. The Bertz CT molecular complexity index is 577. The summed E-state index contributed by atoms with van der Waals surface area (Å²) in [4.78, 5) is 15.6. The fraction of sp³-hybridized carbons (Fsp3) is 0.0769. The normalized spacial score (nSPS) is 10.7. The van der Waals surface area contributed by atoms with Gasteiger partial charge in [-0.05, 0) is 30.7 Å². The van der Waals surface area contributed by atoms with Gasteiger partial charge in [0.25, 0.3) is 0 Å². The highest BCUT2D eigenvalue weighted by molar-refractivity contribution is 7.07. The Kier molecular flexibility index (Phi) is 3.74. The molecule has 2 N–H and O–H groups in total. The highest BCUT2D eigenvalue weighted by Crippen LogP contribution is 2.23. The SMILES string of the molecule is Cc1ccc(NC(=O)/C=C/c2cscn2)c(O)c1. The van der Waals surface area contributed by atoms with Crippen LogP contribution in [0.5, 0.6) is 5.75 Å². The summed E-state index contributed by atoms with van der Waals surface area (Å²) in [6.07, 6.45) is 3.01. The first-order chi connectivity index (χ1) is 8.65.